The van der Waals surface area contributed by atoms with Gasteiger partial charge in [0.2, 0.25) is 10.0 Å². The van der Waals surface area contributed by atoms with E-state index in [0.717, 1.165) is 12.8 Å². The molecule has 1 unspecified atom stereocenters. The van der Waals surface area contributed by atoms with Crippen molar-refractivity contribution in [2.45, 2.75) is 51.5 Å². The molecule has 1 aromatic rings. The zero-order valence-corrected chi connectivity index (χ0v) is 13.8. The standard InChI is InChI=1S/C15H24N2O3S/c1-5-12(6-2)11(4)17-15(18)14-8-7-13(9-10(14)3)21(16,19)20/h7-9,11-12H,5-6H2,1-4H3,(H,17,18)(H2,16,19,20). The Morgan fingerprint density at radius 2 is 1.86 bits per heavy atom. The van der Waals surface area contributed by atoms with Crippen molar-refractivity contribution in [1.29, 1.82) is 0 Å². The van der Waals surface area contributed by atoms with E-state index in [1.54, 1.807) is 6.92 Å². The Bertz CT molecular complexity index is 607. The van der Waals surface area contributed by atoms with Crippen LogP contribution in [0.15, 0.2) is 23.1 Å². The minimum atomic E-state index is -3.74. The summed E-state index contributed by atoms with van der Waals surface area (Å²) in [6.07, 6.45) is 2.00. The normalized spacial score (nSPS) is 13.2. The highest BCUT2D eigenvalue weighted by atomic mass is 32.2. The number of carbonyl (C=O) groups excluding carboxylic acids is 1. The zero-order chi connectivity index (χ0) is 16.2. The van der Waals surface area contributed by atoms with Crippen molar-refractivity contribution < 1.29 is 13.2 Å². The highest BCUT2D eigenvalue weighted by Gasteiger charge is 2.19. The molecule has 0 aromatic heterocycles. The number of aryl methyl sites for hydroxylation is 1. The van der Waals surface area contributed by atoms with Crippen molar-refractivity contribution in [1.82, 2.24) is 5.32 Å². The van der Waals surface area contributed by atoms with Crippen LogP contribution < -0.4 is 10.5 Å². The van der Waals surface area contributed by atoms with Crippen LogP contribution >= 0.6 is 0 Å². The molecule has 0 radical (unpaired) electrons. The fraction of sp³-hybridized carbons (Fsp3) is 0.533. The predicted octanol–water partition coefficient (Wildman–Crippen LogP) is 2.20. The van der Waals surface area contributed by atoms with Gasteiger partial charge in [-0.1, -0.05) is 26.7 Å². The van der Waals surface area contributed by atoms with Gasteiger partial charge in [-0.15, -0.1) is 0 Å². The molecule has 5 nitrogen and oxygen atoms in total. The monoisotopic (exact) mass is 312 g/mol. The van der Waals surface area contributed by atoms with Gasteiger partial charge in [-0.25, -0.2) is 13.6 Å². The lowest BCUT2D eigenvalue weighted by atomic mass is 9.95. The summed E-state index contributed by atoms with van der Waals surface area (Å²) in [7, 11) is -3.74. The van der Waals surface area contributed by atoms with Gasteiger partial charge in [-0.3, -0.25) is 4.79 Å². The Morgan fingerprint density at radius 1 is 1.29 bits per heavy atom. The van der Waals surface area contributed by atoms with E-state index in [2.05, 4.69) is 19.2 Å². The molecular weight excluding hydrogens is 288 g/mol. The molecule has 1 atom stereocenters. The van der Waals surface area contributed by atoms with Crippen LogP contribution in [0.25, 0.3) is 0 Å². The maximum absolute atomic E-state index is 12.3. The van der Waals surface area contributed by atoms with Crippen molar-refractivity contribution >= 4 is 15.9 Å². The molecule has 21 heavy (non-hydrogen) atoms. The summed E-state index contributed by atoms with van der Waals surface area (Å²) in [5.41, 5.74) is 1.07. The highest BCUT2D eigenvalue weighted by molar-refractivity contribution is 7.89. The average Bonchev–Trinajstić information content (AvgIpc) is 2.38. The van der Waals surface area contributed by atoms with E-state index in [9.17, 15) is 13.2 Å². The third kappa shape index (κ3) is 4.54. The van der Waals surface area contributed by atoms with E-state index in [1.165, 1.54) is 18.2 Å². The molecule has 0 bridgehead atoms. The molecule has 0 aliphatic carbocycles. The van der Waals surface area contributed by atoms with Crippen molar-refractivity contribution in [2.24, 2.45) is 11.1 Å². The number of benzene rings is 1. The van der Waals surface area contributed by atoms with Gasteiger partial charge in [-0.2, -0.15) is 0 Å². The first-order valence-corrected chi connectivity index (χ1v) is 8.69. The summed E-state index contributed by atoms with van der Waals surface area (Å²) in [5, 5.41) is 8.06. The zero-order valence-electron chi connectivity index (χ0n) is 13.0. The molecule has 0 aliphatic rings. The van der Waals surface area contributed by atoms with Crippen LogP contribution in [-0.4, -0.2) is 20.4 Å². The van der Waals surface area contributed by atoms with Gasteiger partial charge in [0.1, 0.15) is 0 Å². The molecule has 0 saturated heterocycles. The number of rotatable bonds is 6. The van der Waals surface area contributed by atoms with Gasteiger partial charge in [0.05, 0.1) is 4.90 Å². The van der Waals surface area contributed by atoms with Gasteiger partial charge in [-0.05, 0) is 43.5 Å². The van der Waals surface area contributed by atoms with E-state index in [0.29, 0.717) is 17.0 Å². The lowest BCUT2D eigenvalue weighted by Crippen LogP contribution is -2.38. The molecule has 0 heterocycles. The second kappa shape index (κ2) is 7.04. The minimum Gasteiger partial charge on any atom is -0.349 e. The van der Waals surface area contributed by atoms with Gasteiger partial charge >= 0.3 is 0 Å². The van der Waals surface area contributed by atoms with Crippen molar-refractivity contribution in [2.75, 3.05) is 0 Å². The lowest BCUT2D eigenvalue weighted by Gasteiger charge is -2.23. The summed E-state index contributed by atoms with van der Waals surface area (Å²) in [6.45, 7) is 7.89. The number of hydrogen-bond donors (Lipinski definition) is 2. The average molecular weight is 312 g/mol. The molecule has 0 fully saturated rings. The van der Waals surface area contributed by atoms with Gasteiger partial charge in [0.25, 0.3) is 5.91 Å². The second-order valence-corrected chi connectivity index (χ2v) is 6.92. The predicted molar refractivity (Wildman–Crippen MR) is 83.6 cm³/mol. The Balaban J connectivity index is 2.94. The number of hydrogen-bond acceptors (Lipinski definition) is 3. The molecule has 1 amide bonds. The first-order valence-electron chi connectivity index (χ1n) is 7.15. The summed E-state index contributed by atoms with van der Waals surface area (Å²) < 4.78 is 22.6. The largest absolute Gasteiger partial charge is 0.349 e. The van der Waals surface area contributed by atoms with E-state index >= 15 is 0 Å². The lowest BCUT2D eigenvalue weighted by molar-refractivity contribution is 0.0924. The number of primary sulfonamides is 1. The van der Waals surface area contributed by atoms with Crippen molar-refractivity contribution in [3.63, 3.8) is 0 Å². The van der Waals surface area contributed by atoms with Crippen LogP contribution in [0, 0.1) is 12.8 Å². The highest BCUT2D eigenvalue weighted by Crippen LogP contribution is 2.17. The summed E-state index contributed by atoms with van der Waals surface area (Å²) >= 11 is 0. The quantitative estimate of drug-likeness (QED) is 0.844. The molecule has 6 heteroatoms. The second-order valence-electron chi connectivity index (χ2n) is 5.36. The van der Waals surface area contributed by atoms with Gasteiger partial charge in [0, 0.05) is 11.6 Å². The molecule has 1 rings (SSSR count). The summed E-state index contributed by atoms with van der Waals surface area (Å²) in [6, 6.07) is 4.36. The fourth-order valence-corrected chi connectivity index (χ4v) is 3.06. The number of amides is 1. The van der Waals surface area contributed by atoms with Crippen LogP contribution in [0.1, 0.15) is 49.5 Å². The van der Waals surface area contributed by atoms with Crippen molar-refractivity contribution in [3.8, 4) is 0 Å². The van der Waals surface area contributed by atoms with Crippen LogP contribution in [-0.2, 0) is 10.0 Å². The molecule has 0 spiro atoms. The number of carbonyl (C=O) groups is 1. The molecular formula is C15H24N2O3S. The minimum absolute atomic E-state index is 0.0181. The Kier molecular flexibility index (Phi) is 5.92. The van der Waals surface area contributed by atoms with Crippen LogP contribution in [0.3, 0.4) is 0 Å². The number of nitrogens with one attached hydrogen (secondary N) is 1. The smallest absolute Gasteiger partial charge is 0.251 e. The Morgan fingerprint density at radius 3 is 2.29 bits per heavy atom. The molecule has 3 N–H and O–H groups in total. The Hall–Kier alpha value is -1.40. The summed E-state index contributed by atoms with van der Waals surface area (Å²) in [5.74, 6) is 0.241. The first-order chi connectivity index (χ1) is 9.70. The number of nitrogens with two attached hydrogens (primary N) is 1. The third-order valence-electron chi connectivity index (χ3n) is 3.89. The van der Waals surface area contributed by atoms with Crippen molar-refractivity contribution in [3.05, 3.63) is 29.3 Å². The van der Waals surface area contributed by atoms with E-state index in [-0.39, 0.29) is 16.8 Å². The SMILES string of the molecule is CCC(CC)C(C)NC(=O)c1ccc(S(N)(=O)=O)cc1C. The first kappa shape index (κ1) is 17.7. The number of sulfonamides is 1. The molecule has 118 valence electrons. The van der Waals surface area contributed by atoms with Crippen LogP contribution in [0.5, 0.6) is 0 Å². The van der Waals surface area contributed by atoms with Crippen LogP contribution in [0.4, 0.5) is 0 Å². The molecule has 0 saturated carbocycles. The molecule has 0 aliphatic heterocycles. The van der Waals surface area contributed by atoms with Crippen LogP contribution in [0.2, 0.25) is 0 Å². The fourth-order valence-electron chi connectivity index (χ4n) is 2.47. The third-order valence-corrected chi connectivity index (χ3v) is 4.80. The molecule has 1 aromatic carbocycles. The maximum atomic E-state index is 12.3. The topological polar surface area (TPSA) is 89.3 Å². The Labute approximate surface area is 127 Å². The van der Waals surface area contributed by atoms with E-state index in [1.807, 2.05) is 6.92 Å². The summed E-state index contributed by atoms with van der Waals surface area (Å²) in [4.78, 5) is 12.3. The van der Waals surface area contributed by atoms with E-state index in [4.69, 9.17) is 5.14 Å². The maximum Gasteiger partial charge on any atom is 0.251 e. The van der Waals surface area contributed by atoms with Gasteiger partial charge in [0.15, 0.2) is 0 Å². The van der Waals surface area contributed by atoms with E-state index < -0.39 is 10.0 Å². The van der Waals surface area contributed by atoms with Gasteiger partial charge < -0.3 is 5.32 Å².